The zero-order valence-electron chi connectivity index (χ0n) is 8.56. The molecule has 0 aromatic heterocycles. The number of rotatable bonds is 3. The molecule has 16 heavy (non-hydrogen) atoms. The number of hydrogen-bond acceptors (Lipinski definition) is 5. The summed E-state index contributed by atoms with van der Waals surface area (Å²) in [6.45, 7) is -0.427. The van der Waals surface area contributed by atoms with Gasteiger partial charge in [-0.2, -0.15) is 0 Å². The predicted molar refractivity (Wildman–Crippen MR) is 54.5 cm³/mol. The Kier molecular flexibility index (Phi) is 3.71. The summed E-state index contributed by atoms with van der Waals surface area (Å²) in [7, 11) is 1.37. The molecule has 6 nitrogen and oxygen atoms in total. The van der Waals surface area contributed by atoms with Gasteiger partial charge in [-0.25, -0.2) is 4.79 Å². The molecule has 1 amide bonds. The number of ether oxygens (including phenoxy) is 1. The van der Waals surface area contributed by atoms with Crippen LogP contribution in [0, 0.1) is 0 Å². The minimum absolute atomic E-state index is 0.152. The van der Waals surface area contributed by atoms with Crippen LogP contribution in [0.3, 0.4) is 0 Å². The average molecular weight is 225 g/mol. The molecule has 6 heteroatoms. The molecule has 0 aliphatic rings. The van der Waals surface area contributed by atoms with Gasteiger partial charge in [0.05, 0.1) is 0 Å². The Bertz CT molecular complexity index is 416. The van der Waals surface area contributed by atoms with Crippen molar-refractivity contribution in [2.24, 2.45) is 0 Å². The highest BCUT2D eigenvalue weighted by atomic mass is 16.5. The van der Waals surface area contributed by atoms with E-state index in [9.17, 15) is 9.59 Å². The van der Waals surface area contributed by atoms with E-state index in [4.69, 9.17) is 10.2 Å². The van der Waals surface area contributed by atoms with E-state index in [1.807, 2.05) is 0 Å². The fraction of sp³-hybridized carbons (Fsp3) is 0.200. The number of alkyl carbamates (subject to hydrolysis) is 1. The van der Waals surface area contributed by atoms with E-state index in [1.165, 1.54) is 19.2 Å². The number of aromatic hydroxyl groups is 2. The van der Waals surface area contributed by atoms with Gasteiger partial charge in [-0.05, 0) is 18.2 Å². The van der Waals surface area contributed by atoms with Crippen molar-refractivity contribution < 1.29 is 24.5 Å². The van der Waals surface area contributed by atoms with Crippen molar-refractivity contribution in [3.63, 3.8) is 0 Å². The lowest BCUT2D eigenvalue weighted by Gasteiger charge is -2.04. The van der Waals surface area contributed by atoms with Gasteiger partial charge in [-0.3, -0.25) is 4.79 Å². The highest BCUT2D eigenvalue weighted by Crippen LogP contribution is 2.24. The Morgan fingerprint density at radius 3 is 2.56 bits per heavy atom. The SMILES string of the molecule is CNC(=O)OCC(=O)c1ccc(O)c(O)c1. The largest absolute Gasteiger partial charge is 0.504 e. The molecule has 0 spiro atoms. The minimum Gasteiger partial charge on any atom is -0.504 e. The number of benzene rings is 1. The molecule has 0 aliphatic carbocycles. The van der Waals surface area contributed by atoms with E-state index in [0.29, 0.717) is 0 Å². The second-order valence-corrected chi connectivity index (χ2v) is 2.95. The van der Waals surface area contributed by atoms with Crippen LogP contribution >= 0.6 is 0 Å². The minimum atomic E-state index is -0.712. The van der Waals surface area contributed by atoms with Crippen LogP contribution in [0.4, 0.5) is 4.79 Å². The summed E-state index contributed by atoms with van der Waals surface area (Å²) >= 11 is 0. The quantitative estimate of drug-likeness (QED) is 0.518. The summed E-state index contributed by atoms with van der Waals surface area (Å²) in [6, 6.07) is 3.61. The molecule has 0 fully saturated rings. The third-order valence-electron chi connectivity index (χ3n) is 1.84. The summed E-state index contributed by atoms with van der Waals surface area (Å²) in [5, 5.41) is 20.4. The first-order chi connectivity index (χ1) is 7.54. The topological polar surface area (TPSA) is 95.9 Å². The molecule has 1 aromatic carbocycles. The maximum Gasteiger partial charge on any atom is 0.407 e. The molecule has 0 aliphatic heterocycles. The van der Waals surface area contributed by atoms with Crippen LogP contribution in [-0.4, -0.2) is 35.7 Å². The first-order valence-corrected chi connectivity index (χ1v) is 4.44. The molecular weight excluding hydrogens is 214 g/mol. The van der Waals surface area contributed by atoms with Crippen LogP contribution in [-0.2, 0) is 4.74 Å². The van der Waals surface area contributed by atoms with Gasteiger partial charge in [-0.1, -0.05) is 0 Å². The van der Waals surface area contributed by atoms with E-state index in [-0.39, 0.29) is 11.3 Å². The lowest BCUT2D eigenvalue weighted by Crippen LogP contribution is -2.22. The number of carbonyl (C=O) groups is 2. The van der Waals surface area contributed by atoms with Gasteiger partial charge in [0.1, 0.15) is 0 Å². The molecule has 0 bridgehead atoms. The van der Waals surface area contributed by atoms with Crippen LogP contribution in [0.15, 0.2) is 18.2 Å². The fourth-order valence-electron chi connectivity index (χ4n) is 0.983. The van der Waals surface area contributed by atoms with E-state index >= 15 is 0 Å². The Balaban J connectivity index is 2.66. The van der Waals surface area contributed by atoms with Crippen LogP contribution in [0.5, 0.6) is 11.5 Å². The predicted octanol–water partition coefficient (Wildman–Crippen LogP) is 0.637. The zero-order valence-corrected chi connectivity index (χ0v) is 8.56. The summed E-state index contributed by atoms with van der Waals surface area (Å²) in [4.78, 5) is 22.1. The molecule has 0 saturated carbocycles. The summed E-state index contributed by atoms with van der Waals surface area (Å²) in [5.41, 5.74) is 0.152. The van der Waals surface area contributed by atoms with Crippen molar-refractivity contribution in [2.75, 3.05) is 13.7 Å². The van der Waals surface area contributed by atoms with Gasteiger partial charge < -0.3 is 20.3 Å². The number of hydrogen-bond donors (Lipinski definition) is 3. The molecule has 0 heterocycles. The standard InChI is InChI=1S/C10H11NO5/c1-11-10(15)16-5-9(14)6-2-3-7(12)8(13)4-6/h2-4,12-13H,5H2,1H3,(H,11,15). The zero-order chi connectivity index (χ0) is 12.1. The lowest BCUT2D eigenvalue weighted by atomic mass is 10.1. The second-order valence-electron chi connectivity index (χ2n) is 2.95. The number of amides is 1. The number of carbonyl (C=O) groups excluding carboxylic acids is 2. The highest BCUT2D eigenvalue weighted by molar-refractivity contribution is 5.98. The Morgan fingerprint density at radius 2 is 2.00 bits per heavy atom. The smallest absolute Gasteiger partial charge is 0.407 e. The summed E-state index contributed by atoms with van der Waals surface area (Å²) in [5.74, 6) is -1.19. The molecular formula is C10H11NO5. The van der Waals surface area contributed by atoms with Gasteiger partial charge in [0.2, 0.25) is 5.78 Å². The Morgan fingerprint density at radius 1 is 1.31 bits per heavy atom. The maximum absolute atomic E-state index is 11.4. The third kappa shape index (κ3) is 2.88. The van der Waals surface area contributed by atoms with E-state index in [2.05, 4.69) is 10.1 Å². The Hall–Kier alpha value is -2.24. The molecule has 0 unspecified atom stereocenters. The molecule has 0 radical (unpaired) electrons. The first-order valence-electron chi connectivity index (χ1n) is 4.44. The number of Topliss-reactive ketones (excluding diaryl/α,β-unsaturated/α-hetero) is 1. The van der Waals surface area contributed by atoms with Crippen molar-refractivity contribution in [3.8, 4) is 11.5 Å². The van der Waals surface area contributed by atoms with Crippen LogP contribution in [0.25, 0.3) is 0 Å². The van der Waals surface area contributed by atoms with Crippen molar-refractivity contribution in [1.82, 2.24) is 5.32 Å². The molecule has 86 valence electrons. The second kappa shape index (κ2) is 5.01. The van der Waals surface area contributed by atoms with Crippen molar-refractivity contribution in [1.29, 1.82) is 0 Å². The van der Waals surface area contributed by atoms with Gasteiger partial charge in [-0.15, -0.1) is 0 Å². The number of ketones is 1. The molecule has 0 saturated heterocycles. The van der Waals surface area contributed by atoms with Gasteiger partial charge in [0, 0.05) is 12.6 Å². The average Bonchev–Trinajstić information content (AvgIpc) is 2.29. The molecule has 1 aromatic rings. The van der Waals surface area contributed by atoms with E-state index in [0.717, 1.165) is 6.07 Å². The molecule has 3 N–H and O–H groups in total. The van der Waals surface area contributed by atoms with Crippen molar-refractivity contribution in [3.05, 3.63) is 23.8 Å². The maximum atomic E-state index is 11.4. The Labute approximate surface area is 91.5 Å². The number of phenolic OH excluding ortho intramolecular Hbond substituents is 2. The van der Waals surface area contributed by atoms with Gasteiger partial charge in [0.25, 0.3) is 0 Å². The monoisotopic (exact) mass is 225 g/mol. The summed E-state index contributed by atoms with van der Waals surface area (Å²) in [6.07, 6.45) is -0.712. The number of nitrogens with one attached hydrogen (secondary N) is 1. The first kappa shape index (κ1) is 11.8. The van der Waals surface area contributed by atoms with Gasteiger partial charge in [0.15, 0.2) is 18.1 Å². The van der Waals surface area contributed by atoms with E-state index < -0.39 is 24.2 Å². The van der Waals surface area contributed by atoms with Gasteiger partial charge >= 0.3 is 6.09 Å². The molecule has 0 atom stereocenters. The third-order valence-corrected chi connectivity index (χ3v) is 1.84. The fourth-order valence-corrected chi connectivity index (χ4v) is 0.983. The van der Waals surface area contributed by atoms with Crippen molar-refractivity contribution >= 4 is 11.9 Å². The van der Waals surface area contributed by atoms with Crippen LogP contribution in [0.1, 0.15) is 10.4 Å². The van der Waals surface area contributed by atoms with Crippen LogP contribution < -0.4 is 5.32 Å². The van der Waals surface area contributed by atoms with Crippen molar-refractivity contribution in [2.45, 2.75) is 0 Å². The normalized spacial score (nSPS) is 9.56. The lowest BCUT2D eigenvalue weighted by molar-refractivity contribution is 0.0847. The van der Waals surface area contributed by atoms with Crippen LogP contribution in [0.2, 0.25) is 0 Å². The molecule has 1 rings (SSSR count). The summed E-state index contributed by atoms with van der Waals surface area (Å²) < 4.78 is 4.53. The number of phenols is 2. The van der Waals surface area contributed by atoms with E-state index in [1.54, 1.807) is 0 Å². The highest BCUT2D eigenvalue weighted by Gasteiger charge is 2.10.